The highest BCUT2D eigenvalue weighted by Crippen LogP contribution is 2.24. The molecule has 1 aliphatic heterocycles. The van der Waals surface area contributed by atoms with E-state index in [1.54, 1.807) is 24.6 Å². The maximum Gasteiger partial charge on any atom is 0.274 e. The molecule has 3 heterocycles. The van der Waals surface area contributed by atoms with Gasteiger partial charge in [-0.1, -0.05) is 12.1 Å². The topological polar surface area (TPSA) is 68.5 Å². The summed E-state index contributed by atoms with van der Waals surface area (Å²) in [6, 6.07) is 11.5. The van der Waals surface area contributed by atoms with Crippen LogP contribution in [0, 0.1) is 5.92 Å². The Balaban J connectivity index is 1.52. The highest BCUT2D eigenvalue weighted by Gasteiger charge is 2.25. The zero-order chi connectivity index (χ0) is 17.1. The number of hydrogen-bond donors (Lipinski definition) is 0. The van der Waals surface area contributed by atoms with Crippen LogP contribution >= 0.6 is 0 Å². The van der Waals surface area contributed by atoms with Crippen molar-refractivity contribution >= 4 is 16.9 Å². The highest BCUT2D eigenvalue weighted by molar-refractivity contribution is 5.92. The maximum atomic E-state index is 12.7. The van der Waals surface area contributed by atoms with Gasteiger partial charge in [-0.05, 0) is 36.2 Å². The second kappa shape index (κ2) is 7.03. The molecule has 0 N–H and O–H groups in total. The predicted octanol–water partition coefficient (Wildman–Crippen LogP) is 2.55. The number of carbonyl (C=O) groups excluding carboxylic acids is 1. The molecule has 0 unspecified atom stereocenters. The number of furan rings is 1. The van der Waals surface area contributed by atoms with Crippen molar-refractivity contribution < 1.29 is 13.9 Å². The SMILES string of the molecule is O=C(c1cccnn1)N1CCOC[C@H](Cc2cccc3occc23)C1. The number of carbonyl (C=O) groups is 1. The molecular formula is C19H19N3O3. The van der Waals surface area contributed by atoms with Crippen molar-refractivity contribution in [3.8, 4) is 0 Å². The van der Waals surface area contributed by atoms with Crippen LogP contribution in [-0.4, -0.2) is 47.3 Å². The standard InChI is InChI=1S/C19H19N3O3/c23-19(17-4-2-7-20-21-17)22-8-10-24-13-14(12-22)11-15-3-1-5-18-16(15)6-9-25-18/h1-7,9,14H,8,10-13H2/t14-/m1/s1. The molecule has 25 heavy (non-hydrogen) atoms. The summed E-state index contributed by atoms with van der Waals surface area (Å²) in [6.07, 6.45) is 4.11. The van der Waals surface area contributed by atoms with Crippen LogP contribution in [0.1, 0.15) is 16.1 Å². The average Bonchev–Trinajstić information content (AvgIpc) is 3.02. The molecule has 1 saturated heterocycles. The van der Waals surface area contributed by atoms with E-state index in [4.69, 9.17) is 9.15 Å². The van der Waals surface area contributed by atoms with Gasteiger partial charge in [0.2, 0.25) is 0 Å². The van der Waals surface area contributed by atoms with Gasteiger partial charge in [-0.3, -0.25) is 4.79 Å². The lowest BCUT2D eigenvalue weighted by molar-refractivity contribution is 0.0730. The van der Waals surface area contributed by atoms with Gasteiger partial charge in [0.25, 0.3) is 5.91 Å². The van der Waals surface area contributed by atoms with E-state index in [9.17, 15) is 4.79 Å². The van der Waals surface area contributed by atoms with Gasteiger partial charge in [0.05, 0.1) is 19.5 Å². The Morgan fingerprint density at radius 1 is 1.24 bits per heavy atom. The van der Waals surface area contributed by atoms with E-state index in [0.717, 1.165) is 17.4 Å². The van der Waals surface area contributed by atoms with Crippen molar-refractivity contribution in [1.29, 1.82) is 0 Å². The molecule has 1 fully saturated rings. The molecule has 0 spiro atoms. The summed E-state index contributed by atoms with van der Waals surface area (Å²) in [7, 11) is 0. The first-order chi connectivity index (χ1) is 12.3. The van der Waals surface area contributed by atoms with Crippen molar-refractivity contribution in [2.75, 3.05) is 26.3 Å². The fraction of sp³-hybridized carbons (Fsp3) is 0.316. The summed E-state index contributed by atoms with van der Waals surface area (Å²) in [5.74, 6) is 0.133. The monoisotopic (exact) mass is 337 g/mol. The molecule has 6 heteroatoms. The van der Waals surface area contributed by atoms with Crippen LogP contribution < -0.4 is 0 Å². The van der Waals surface area contributed by atoms with Gasteiger partial charge in [0, 0.05) is 30.6 Å². The van der Waals surface area contributed by atoms with Gasteiger partial charge in [-0.2, -0.15) is 5.10 Å². The van der Waals surface area contributed by atoms with Gasteiger partial charge >= 0.3 is 0 Å². The summed E-state index contributed by atoms with van der Waals surface area (Å²) >= 11 is 0. The Morgan fingerprint density at radius 3 is 3.08 bits per heavy atom. The Kier molecular flexibility index (Phi) is 4.43. The molecule has 6 nitrogen and oxygen atoms in total. The first-order valence-electron chi connectivity index (χ1n) is 8.41. The van der Waals surface area contributed by atoms with Gasteiger partial charge in [-0.15, -0.1) is 5.10 Å². The fourth-order valence-corrected chi connectivity index (χ4v) is 3.31. The smallest absolute Gasteiger partial charge is 0.274 e. The third-order valence-electron chi connectivity index (χ3n) is 4.51. The number of aromatic nitrogens is 2. The molecule has 0 saturated carbocycles. The van der Waals surface area contributed by atoms with Crippen LogP contribution in [0.2, 0.25) is 0 Å². The van der Waals surface area contributed by atoms with Crippen LogP contribution in [-0.2, 0) is 11.2 Å². The van der Waals surface area contributed by atoms with Crippen LogP contribution in [0.25, 0.3) is 11.0 Å². The zero-order valence-electron chi connectivity index (χ0n) is 13.8. The minimum Gasteiger partial charge on any atom is -0.464 e. The number of ether oxygens (including phenoxy) is 1. The molecular weight excluding hydrogens is 318 g/mol. The zero-order valence-corrected chi connectivity index (χ0v) is 13.8. The van der Waals surface area contributed by atoms with Crippen LogP contribution in [0.3, 0.4) is 0 Å². The number of benzene rings is 1. The summed E-state index contributed by atoms with van der Waals surface area (Å²) in [5.41, 5.74) is 2.48. The summed E-state index contributed by atoms with van der Waals surface area (Å²) in [5, 5.41) is 8.86. The Bertz CT molecular complexity index is 862. The minimum atomic E-state index is -0.0925. The molecule has 128 valence electrons. The molecule has 4 rings (SSSR count). The molecule has 1 aliphatic rings. The van der Waals surface area contributed by atoms with E-state index in [1.807, 2.05) is 23.1 Å². The van der Waals surface area contributed by atoms with Crippen LogP contribution in [0.4, 0.5) is 0 Å². The van der Waals surface area contributed by atoms with E-state index < -0.39 is 0 Å². The van der Waals surface area contributed by atoms with Crippen molar-refractivity contribution in [1.82, 2.24) is 15.1 Å². The minimum absolute atomic E-state index is 0.0925. The van der Waals surface area contributed by atoms with Gasteiger partial charge in [0.1, 0.15) is 5.58 Å². The Morgan fingerprint density at radius 2 is 2.20 bits per heavy atom. The largest absolute Gasteiger partial charge is 0.464 e. The molecule has 0 aliphatic carbocycles. The number of fused-ring (bicyclic) bond motifs is 1. The summed E-state index contributed by atoms with van der Waals surface area (Å²) in [6.45, 7) is 2.39. The van der Waals surface area contributed by atoms with E-state index in [-0.39, 0.29) is 11.8 Å². The third kappa shape index (κ3) is 3.39. The normalized spacial score (nSPS) is 18.2. The number of nitrogens with zero attached hydrogens (tertiary/aromatic N) is 3. The molecule has 3 aromatic rings. The van der Waals surface area contributed by atoms with Gasteiger partial charge in [-0.25, -0.2) is 0 Å². The lowest BCUT2D eigenvalue weighted by Gasteiger charge is -2.23. The lowest BCUT2D eigenvalue weighted by Crippen LogP contribution is -2.37. The highest BCUT2D eigenvalue weighted by atomic mass is 16.5. The molecule has 1 amide bonds. The van der Waals surface area contributed by atoms with Crippen LogP contribution in [0.5, 0.6) is 0 Å². The molecule has 2 aromatic heterocycles. The first-order valence-corrected chi connectivity index (χ1v) is 8.41. The third-order valence-corrected chi connectivity index (χ3v) is 4.51. The molecule has 1 aromatic carbocycles. The fourth-order valence-electron chi connectivity index (χ4n) is 3.31. The number of rotatable bonds is 3. The van der Waals surface area contributed by atoms with Crippen molar-refractivity contribution in [3.63, 3.8) is 0 Å². The predicted molar refractivity (Wildman–Crippen MR) is 92.2 cm³/mol. The quantitative estimate of drug-likeness (QED) is 0.735. The van der Waals surface area contributed by atoms with Gasteiger partial charge in [0.15, 0.2) is 5.69 Å². The second-order valence-corrected chi connectivity index (χ2v) is 6.25. The maximum absolute atomic E-state index is 12.7. The lowest BCUT2D eigenvalue weighted by atomic mass is 9.97. The molecule has 1 atom stereocenters. The van der Waals surface area contributed by atoms with Crippen molar-refractivity contribution in [2.24, 2.45) is 5.92 Å². The first kappa shape index (κ1) is 15.8. The van der Waals surface area contributed by atoms with E-state index in [1.165, 1.54) is 5.56 Å². The summed E-state index contributed by atoms with van der Waals surface area (Å²) in [4.78, 5) is 14.5. The van der Waals surface area contributed by atoms with E-state index in [0.29, 0.717) is 32.0 Å². The van der Waals surface area contributed by atoms with Crippen molar-refractivity contribution in [3.05, 3.63) is 60.1 Å². The number of hydrogen-bond acceptors (Lipinski definition) is 5. The summed E-state index contributed by atoms with van der Waals surface area (Å²) < 4.78 is 11.2. The van der Waals surface area contributed by atoms with E-state index >= 15 is 0 Å². The number of amides is 1. The second-order valence-electron chi connectivity index (χ2n) is 6.25. The Hall–Kier alpha value is -2.73. The Labute approximate surface area is 145 Å². The average molecular weight is 337 g/mol. The van der Waals surface area contributed by atoms with Gasteiger partial charge < -0.3 is 14.1 Å². The van der Waals surface area contributed by atoms with E-state index in [2.05, 4.69) is 16.3 Å². The van der Waals surface area contributed by atoms with Crippen LogP contribution in [0.15, 0.2) is 53.3 Å². The molecule has 0 bridgehead atoms. The molecule has 0 radical (unpaired) electrons. The van der Waals surface area contributed by atoms with Crippen molar-refractivity contribution in [2.45, 2.75) is 6.42 Å².